The number of rotatable bonds is 4. The van der Waals surface area contributed by atoms with E-state index in [2.05, 4.69) is 17.2 Å². The summed E-state index contributed by atoms with van der Waals surface area (Å²) in [5.41, 5.74) is 0.893. The van der Waals surface area contributed by atoms with Gasteiger partial charge in [0.15, 0.2) is 0 Å². The van der Waals surface area contributed by atoms with Crippen molar-refractivity contribution in [1.29, 1.82) is 0 Å². The summed E-state index contributed by atoms with van der Waals surface area (Å²) in [4.78, 5) is 3.84. The third-order valence-electron chi connectivity index (χ3n) is 3.36. The Morgan fingerprint density at radius 1 is 1.47 bits per heavy atom. The molecule has 0 spiro atoms. The van der Waals surface area contributed by atoms with Crippen molar-refractivity contribution in [3.63, 3.8) is 0 Å². The predicted molar refractivity (Wildman–Crippen MR) is 64.0 cm³/mol. The lowest BCUT2D eigenvalue weighted by atomic mass is 9.93. The van der Waals surface area contributed by atoms with Gasteiger partial charge in [0.1, 0.15) is 5.82 Å². The predicted octanol–water partition coefficient (Wildman–Crippen LogP) is 2.13. The Balaban J connectivity index is 1.80. The molecule has 0 amide bonds. The van der Waals surface area contributed by atoms with E-state index < -0.39 is 0 Å². The highest BCUT2D eigenvalue weighted by Crippen LogP contribution is 2.18. The summed E-state index contributed by atoms with van der Waals surface area (Å²) in [5.74, 6) is 0.383. The molecule has 1 aromatic rings. The molecule has 1 aliphatic heterocycles. The van der Waals surface area contributed by atoms with Crippen LogP contribution in [-0.4, -0.2) is 24.2 Å². The van der Waals surface area contributed by atoms with Gasteiger partial charge in [-0.3, -0.25) is 4.98 Å². The van der Waals surface area contributed by atoms with E-state index in [0.29, 0.717) is 18.5 Å². The van der Waals surface area contributed by atoms with Crippen LogP contribution >= 0.6 is 0 Å². The maximum Gasteiger partial charge on any atom is 0.141 e. The SMILES string of the molecule is CC(NCc1cncc(F)c1)C1CCOCC1. The van der Waals surface area contributed by atoms with Gasteiger partial charge in [0.05, 0.1) is 6.20 Å². The van der Waals surface area contributed by atoms with E-state index in [1.807, 2.05) is 0 Å². The van der Waals surface area contributed by atoms with Gasteiger partial charge in [-0.25, -0.2) is 4.39 Å². The number of aromatic nitrogens is 1. The van der Waals surface area contributed by atoms with E-state index in [0.717, 1.165) is 31.6 Å². The van der Waals surface area contributed by atoms with Crippen molar-refractivity contribution in [2.45, 2.75) is 32.4 Å². The molecular weight excluding hydrogens is 219 g/mol. The average Bonchev–Trinajstić information content (AvgIpc) is 2.37. The van der Waals surface area contributed by atoms with Gasteiger partial charge in [-0.1, -0.05) is 0 Å². The highest BCUT2D eigenvalue weighted by molar-refractivity contribution is 5.09. The van der Waals surface area contributed by atoms with Crippen LogP contribution in [-0.2, 0) is 11.3 Å². The van der Waals surface area contributed by atoms with E-state index in [1.165, 1.54) is 12.3 Å². The Morgan fingerprint density at radius 3 is 2.94 bits per heavy atom. The molecule has 1 N–H and O–H groups in total. The first-order chi connectivity index (χ1) is 8.25. The molecule has 17 heavy (non-hydrogen) atoms. The third kappa shape index (κ3) is 3.75. The van der Waals surface area contributed by atoms with Gasteiger partial charge in [0, 0.05) is 32.0 Å². The number of ether oxygens (including phenoxy) is 1. The number of hydrogen-bond acceptors (Lipinski definition) is 3. The maximum atomic E-state index is 12.9. The molecule has 1 atom stereocenters. The molecule has 1 aromatic heterocycles. The number of hydrogen-bond donors (Lipinski definition) is 1. The Bertz CT molecular complexity index is 353. The number of halogens is 1. The largest absolute Gasteiger partial charge is 0.381 e. The molecule has 0 saturated carbocycles. The normalized spacial score (nSPS) is 19.2. The van der Waals surface area contributed by atoms with Gasteiger partial charge >= 0.3 is 0 Å². The summed E-state index contributed by atoms with van der Waals surface area (Å²) >= 11 is 0. The smallest absolute Gasteiger partial charge is 0.141 e. The molecular formula is C13H19FN2O. The molecule has 3 nitrogen and oxygen atoms in total. The van der Waals surface area contributed by atoms with E-state index in [9.17, 15) is 4.39 Å². The molecule has 1 saturated heterocycles. The average molecular weight is 238 g/mol. The second-order valence-corrected chi connectivity index (χ2v) is 4.63. The highest BCUT2D eigenvalue weighted by atomic mass is 19.1. The van der Waals surface area contributed by atoms with Crippen LogP contribution in [0.2, 0.25) is 0 Å². The van der Waals surface area contributed by atoms with E-state index >= 15 is 0 Å². The Hall–Kier alpha value is -1.00. The second-order valence-electron chi connectivity index (χ2n) is 4.63. The van der Waals surface area contributed by atoms with Gasteiger partial charge < -0.3 is 10.1 Å². The van der Waals surface area contributed by atoms with E-state index in [1.54, 1.807) is 6.20 Å². The maximum absolute atomic E-state index is 12.9. The molecule has 2 heterocycles. The minimum atomic E-state index is -0.275. The summed E-state index contributed by atoms with van der Waals surface area (Å²) in [6, 6.07) is 1.96. The highest BCUT2D eigenvalue weighted by Gasteiger charge is 2.19. The first kappa shape index (κ1) is 12.5. The Labute approximate surface area is 101 Å². The summed E-state index contributed by atoms with van der Waals surface area (Å²) in [7, 11) is 0. The molecule has 4 heteroatoms. The second kappa shape index (κ2) is 6.07. The fourth-order valence-electron chi connectivity index (χ4n) is 2.21. The van der Waals surface area contributed by atoms with Crippen molar-refractivity contribution in [1.82, 2.24) is 10.3 Å². The summed E-state index contributed by atoms with van der Waals surface area (Å²) in [5, 5.41) is 3.43. The van der Waals surface area contributed by atoms with Crippen LogP contribution in [0.4, 0.5) is 4.39 Å². The van der Waals surface area contributed by atoms with Crippen LogP contribution in [0, 0.1) is 11.7 Å². The molecule has 1 fully saturated rings. The number of nitrogens with one attached hydrogen (secondary N) is 1. The van der Waals surface area contributed by atoms with Crippen LogP contribution in [0.3, 0.4) is 0 Å². The van der Waals surface area contributed by atoms with Crippen molar-refractivity contribution >= 4 is 0 Å². The minimum Gasteiger partial charge on any atom is -0.381 e. The fraction of sp³-hybridized carbons (Fsp3) is 0.615. The van der Waals surface area contributed by atoms with Crippen LogP contribution < -0.4 is 5.32 Å². The molecule has 0 aromatic carbocycles. The van der Waals surface area contributed by atoms with Crippen molar-refractivity contribution in [2.24, 2.45) is 5.92 Å². The van der Waals surface area contributed by atoms with Crippen LogP contribution in [0.1, 0.15) is 25.3 Å². The first-order valence-corrected chi connectivity index (χ1v) is 6.16. The third-order valence-corrected chi connectivity index (χ3v) is 3.36. The molecule has 94 valence electrons. The first-order valence-electron chi connectivity index (χ1n) is 6.16. The fourth-order valence-corrected chi connectivity index (χ4v) is 2.21. The minimum absolute atomic E-state index is 0.275. The van der Waals surface area contributed by atoms with Crippen molar-refractivity contribution < 1.29 is 9.13 Å². The Morgan fingerprint density at radius 2 is 2.24 bits per heavy atom. The van der Waals surface area contributed by atoms with Gasteiger partial charge in [0.25, 0.3) is 0 Å². The molecule has 2 rings (SSSR count). The van der Waals surface area contributed by atoms with Crippen molar-refractivity contribution in [3.8, 4) is 0 Å². The molecule has 1 aliphatic rings. The topological polar surface area (TPSA) is 34.2 Å². The molecule has 0 radical (unpaired) electrons. The lowest BCUT2D eigenvalue weighted by molar-refractivity contribution is 0.0558. The van der Waals surface area contributed by atoms with Gasteiger partial charge in [-0.05, 0) is 37.3 Å². The van der Waals surface area contributed by atoms with Crippen LogP contribution in [0.5, 0.6) is 0 Å². The standard InChI is InChI=1S/C13H19FN2O/c1-10(12-2-4-17-5-3-12)16-8-11-6-13(14)9-15-7-11/h6-7,9-10,12,16H,2-5,8H2,1H3. The van der Waals surface area contributed by atoms with Crippen molar-refractivity contribution in [2.75, 3.05) is 13.2 Å². The lowest BCUT2D eigenvalue weighted by Crippen LogP contribution is -2.36. The van der Waals surface area contributed by atoms with Gasteiger partial charge in [0.2, 0.25) is 0 Å². The van der Waals surface area contributed by atoms with Crippen molar-refractivity contribution in [3.05, 3.63) is 29.8 Å². The summed E-state index contributed by atoms with van der Waals surface area (Å²) in [6.07, 6.45) is 5.14. The zero-order chi connectivity index (χ0) is 12.1. The quantitative estimate of drug-likeness (QED) is 0.872. The zero-order valence-electron chi connectivity index (χ0n) is 10.2. The number of nitrogens with zero attached hydrogens (tertiary/aromatic N) is 1. The molecule has 0 bridgehead atoms. The summed E-state index contributed by atoms with van der Waals surface area (Å²) < 4.78 is 18.3. The van der Waals surface area contributed by atoms with Gasteiger partial charge in [-0.15, -0.1) is 0 Å². The molecule has 0 aliphatic carbocycles. The van der Waals surface area contributed by atoms with E-state index in [4.69, 9.17) is 4.74 Å². The van der Waals surface area contributed by atoms with E-state index in [-0.39, 0.29) is 5.82 Å². The van der Waals surface area contributed by atoms with Gasteiger partial charge in [-0.2, -0.15) is 0 Å². The number of pyridine rings is 1. The lowest BCUT2D eigenvalue weighted by Gasteiger charge is -2.28. The monoisotopic (exact) mass is 238 g/mol. The zero-order valence-corrected chi connectivity index (χ0v) is 10.2. The van der Waals surface area contributed by atoms with Crippen LogP contribution in [0.25, 0.3) is 0 Å². The molecule has 1 unspecified atom stereocenters. The summed E-state index contributed by atoms with van der Waals surface area (Å²) in [6.45, 7) is 4.57. The van der Waals surface area contributed by atoms with Crippen LogP contribution in [0.15, 0.2) is 18.5 Å². The Kier molecular flexibility index (Phi) is 4.45.